The van der Waals surface area contributed by atoms with Crippen LogP contribution in [0.3, 0.4) is 0 Å². The molecule has 1 aromatic heterocycles. The molecule has 0 saturated carbocycles. The van der Waals surface area contributed by atoms with Gasteiger partial charge in [-0.25, -0.2) is 9.37 Å². The van der Waals surface area contributed by atoms with Crippen molar-refractivity contribution in [1.29, 1.82) is 0 Å². The van der Waals surface area contributed by atoms with E-state index in [2.05, 4.69) is 11.3 Å². The maximum absolute atomic E-state index is 12.8. The Labute approximate surface area is 83.9 Å². The minimum Gasteiger partial charge on any atom is -0.291 e. The molecule has 0 aliphatic heterocycles. The Bertz CT molecular complexity index is 496. The molecule has 0 amide bonds. The molecule has 75 valence electrons. The maximum Gasteiger partial charge on any atom is 0.296 e. The SMILES string of the molecule is O=[N+]([O-])c1cc(F)ccc1-n1[c]ncc1. The van der Waals surface area contributed by atoms with Crippen molar-refractivity contribution >= 4 is 5.69 Å². The van der Waals surface area contributed by atoms with Crippen molar-refractivity contribution in [2.45, 2.75) is 0 Å². The summed E-state index contributed by atoms with van der Waals surface area (Å²) in [6, 6.07) is 3.32. The van der Waals surface area contributed by atoms with Crippen LogP contribution in [0, 0.1) is 22.3 Å². The van der Waals surface area contributed by atoms with Gasteiger partial charge in [0, 0.05) is 12.4 Å². The fourth-order valence-corrected chi connectivity index (χ4v) is 1.21. The first-order chi connectivity index (χ1) is 7.18. The van der Waals surface area contributed by atoms with Crippen LogP contribution in [0.5, 0.6) is 0 Å². The van der Waals surface area contributed by atoms with Crippen molar-refractivity contribution in [1.82, 2.24) is 9.55 Å². The zero-order chi connectivity index (χ0) is 10.8. The minimum atomic E-state index is -0.648. The highest BCUT2D eigenvalue weighted by Gasteiger charge is 2.15. The predicted molar refractivity (Wildman–Crippen MR) is 49.0 cm³/mol. The quantitative estimate of drug-likeness (QED) is 0.555. The topological polar surface area (TPSA) is 61.0 Å². The van der Waals surface area contributed by atoms with Crippen LogP contribution < -0.4 is 0 Å². The molecule has 6 heteroatoms. The molecule has 0 unspecified atom stereocenters. The number of hydrogen-bond donors (Lipinski definition) is 0. The summed E-state index contributed by atoms with van der Waals surface area (Å²) in [4.78, 5) is 13.7. The lowest BCUT2D eigenvalue weighted by Gasteiger charge is -2.02. The van der Waals surface area contributed by atoms with Gasteiger partial charge in [0.2, 0.25) is 0 Å². The van der Waals surface area contributed by atoms with Gasteiger partial charge in [-0.2, -0.15) is 0 Å². The van der Waals surface area contributed by atoms with Gasteiger partial charge in [-0.15, -0.1) is 0 Å². The first kappa shape index (κ1) is 9.32. The first-order valence-electron chi connectivity index (χ1n) is 4.04. The number of rotatable bonds is 2. The Morgan fingerprint density at radius 3 is 2.93 bits per heavy atom. The Morgan fingerprint density at radius 1 is 1.53 bits per heavy atom. The largest absolute Gasteiger partial charge is 0.296 e. The van der Waals surface area contributed by atoms with Gasteiger partial charge >= 0.3 is 0 Å². The van der Waals surface area contributed by atoms with E-state index in [0.29, 0.717) is 0 Å². The summed E-state index contributed by atoms with van der Waals surface area (Å²) in [5.74, 6) is -0.648. The van der Waals surface area contributed by atoms with Crippen molar-refractivity contribution in [3.8, 4) is 5.69 Å². The van der Waals surface area contributed by atoms with Crippen LogP contribution >= 0.6 is 0 Å². The molecule has 5 nitrogen and oxygen atoms in total. The van der Waals surface area contributed by atoms with E-state index in [9.17, 15) is 14.5 Å². The molecule has 0 aliphatic rings. The molecular weight excluding hydrogens is 201 g/mol. The van der Waals surface area contributed by atoms with Gasteiger partial charge in [0.15, 0.2) is 6.33 Å². The molecular formula is C9H5FN3O2. The first-order valence-corrected chi connectivity index (χ1v) is 4.04. The summed E-state index contributed by atoms with van der Waals surface area (Å²) in [7, 11) is 0. The fraction of sp³-hybridized carbons (Fsp3) is 0. The van der Waals surface area contributed by atoms with E-state index < -0.39 is 10.7 Å². The zero-order valence-electron chi connectivity index (χ0n) is 7.42. The molecule has 15 heavy (non-hydrogen) atoms. The molecule has 0 aliphatic carbocycles. The molecule has 0 N–H and O–H groups in total. The third kappa shape index (κ3) is 1.69. The summed E-state index contributed by atoms with van der Waals surface area (Å²) in [5.41, 5.74) is -0.0804. The molecule has 0 saturated heterocycles. The molecule has 0 atom stereocenters. The van der Waals surface area contributed by atoms with Crippen LogP contribution in [-0.4, -0.2) is 14.5 Å². The van der Waals surface area contributed by atoms with Crippen molar-refractivity contribution < 1.29 is 9.31 Å². The van der Waals surface area contributed by atoms with Crippen molar-refractivity contribution in [2.75, 3.05) is 0 Å². The van der Waals surface area contributed by atoms with Gasteiger partial charge in [0.05, 0.1) is 11.0 Å². The molecule has 0 bridgehead atoms. The lowest BCUT2D eigenvalue weighted by molar-refractivity contribution is -0.384. The average molecular weight is 206 g/mol. The summed E-state index contributed by atoms with van der Waals surface area (Å²) in [6.45, 7) is 0. The minimum absolute atomic E-state index is 0.235. The number of halogens is 1. The lowest BCUT2D eigenvalue weighted by Crippen LogP contribution is -1.98. The van der Waals surface area contributed by atoms with Crippen LogP contribution in [0.25, 0.3) is 5.69 Å². The van der Waals surface area contributed by atoms with Crippen molar-refractivity contribution in [3.63, 3.8) is 0 Å². The van der Waals surface area contributed by atoms with Gasteiger partial charge in [-0.05, 0) is 12.1 Å². The van der Waals surface area contributed by atoms with E-state index in [0.717, 1.165) is 12.1 Å². The Morgan fingerprint density at radius 2 is 2.33 bits per heavy atom. The Hall–Kier alpha value is -2.24. The number of nitrogens with zero attached hydrogens (tertiary/aromatic N) is 3. The van der Waals surface area contributed by atoms with Crippen LogP contribution in [0.15, 0.2) is 30.6 Å². The van der Waals surface area contributed by atoms with Crippen LogP contribution in [-0.2, 0) is 0 Å². The molecule has 1 heterocycles. The maximum atomic E-state index is 12.8. The number of aromatic nitrogens is 2. The second-order valence-corrected chi connectivity index (χ2v) is 2.79. The molecule has 2 rings (SSSR count). The van der Waals surface area contributed by atoms with Gasteiger partial charge in [0.25, 0.3) is 5.69 Å². The number of nitro groups is 1. The van der Waals surface area contributed by atoms with E-state index >= 15 is 0 Å². The zero-order valence-corrected chi connectivity index (χ0v) is 7.42. The van der Waals surface area contributed by atoms with Crippen LogP contribution in [0.2, 0.25) is 0 Å². The van der Waals surface area contributed by atoms with Crippen LogP contribution in [0.4, 0.5) is 10.1 Å². The standard InChI is InChI=1S/C9H5FN3O2/c10-7-1-2-8(9(5-7)13(14)15)12-4-3-11-6-12/h1-5H. The Kier molecular flexibility index (Phi) is 2.17. The number of hydrogen-bond acceptors (Lipinski definition) is 3. The molecule has 2 aromatic rings. The predicted octanol–water partition coefficient (Wildman–Crippen LogP) is 1.72. The molecule has 1 aromatic carbocycles. The second kappa shape index (κ2) is 3.49. The number of benzene rings is 1. The normalized spacial score (nSPS) is 10.2. The van der Waals surface area contributed by atoms with E-state index in [1.165, 1.54) is 23.0 Å². The van der Waals surface area contributed by atoms with E-state index in [1.807, 2.05) is 0 Å². The summed E-state index contributed by atoms with van der Waals surface area (Å²) >= 11 is 0. The monoisotopic (exact) mass is 206 g/mol. The van der Waals surface area contributed by atoms with Crippen LogP contribution in [0.1, 0.15) is 0 Å². The highest BCUT2D eigenvalue weighted by Crippen LogP contribution is 2.22. The van der Waals surface area contributed by atoms with Crippen molar-refractivity contribution in [3.05, 3.63) is 52.9 Å². The van der Waals surface area contributed by atoms with Gasteiger partial charge in [0.1, 0.15) is 11.5 Å². The second-order valence-electron chi connectivity index (χ2n) is 2.79. The van der Waals surface area contributed by atoms with E-state index in [4.69, 9.17) is 0 Å². The third-order valence-corrected chi connectivity index (χ3v) is 1.85. The Balaban J connectivity index is 2.61. The highest BCUT2D eigenvalue weighted by molar-refractivity contribution is 5.52. The van der Waals surface area contributed by atoms with Gasteiger partial charge in [-0.1, -0.05) is 0 Å². The number of imidazole rings is 1. The van der Waals surface area contributed by atoms with E-state index in [-0.39, 0.29) is 11.4 Å². The van der Waals surface area contributed by atoms with Gasteiger partial charge in [-0.3, -0.25) is 14.7 Å². The molecule has 1 radical (unpaired) electrons. The summed E-state index contributed by atoms with van der Waals surface area (Å²) in [6.07, 6.45) is 5.45. The van der Waals surface area contributed by atoms with Gasteiger partial charge < -0.3 is 0 Å². The number of nitro benzene ring substituents is 1. The smallest absolute Gasteiger partial charge is 0.291 e. The third-order valence-electron chi connectivity index (χ3n) is 1.85. The highest BCUT2D eigenvalue weighted by atomic mass is 19.1. The summed E-state index contributed by atoms with van der Waals surface area (Å²) in [5, 5.41) is 10.7. The fourth-order valence-electron chi connectivity index (χ4n) is 1.21. The molecule has 0 fully saturated rings. The lowest BCUT2D eigenvalue weighted by atomic mass is 10.2. The molecule has 0 spiro atoms. The average Bonchev–Trinajstić information content (AvgIpc) is 2.70. The van der Waals surface area contributed by atoms with E-state index in [1.54, 1.807) is 0 Å². The summed E-state index contributed by atoms with van der Waals surface area (Å²) < 4.78 is 14.1. The van der Waals surface area contributed by atoms with Crippen molar-refractivity contribution in [2.24, 2.45) is 0 Å².